The van der Waals surface area contributed by atoms with Gasteiger partial charge in [0.2, 0.25) is 5.91 Å². The van der Waals surface area contributed by atoms with Gasteiger partial charge in [-0.1, -0.05) is 0 Å². The number of carbonyl (C=O) groups is 1. The maximum Gasteiger partial charge on any atom is 0.281 e. The molecule has 0 bridgehead atoms. The minimum absolute atomic E-state index is 0.0944. The van der Waals surface area contributed by atoms with E-state index in [1.54, 1.807) is 12.5 Å². The first-order chi connectivity index (χ1) is 10.4. The number of rotatable bonds is 4. The molecule has 1 saturated heterocycles. The van der Waals surface area contributed by atoms with E-state index in [1.165, 1.54) is 22.7 Å². The third kappa shape index (κ3) is 2.64. The molecule has 0 aliphatic carbocycles. The molecule has 1 aromatic heterocycles. The minimum Gasteiger partial charge on any atom is -0.341 e. The third-order valence-electron chi connectivity index (χ3n) is 4.28. The number of nitrogens with zero attached hydrogens (tertiary/aromatic N) is 5. The van der Waals surface area contributed by atoms with Crippen molar-refractivity contribution in [3.05, 3.63) is 18.2 Å². The fourth-order valence-electron chi connectivity index (χ4n) is 3.06. The molecule has 2 aliphatic heterocycles. The van der Waals surface area contributed by atoms with Crippen molar-refractivity contribution in [3.63, 3.8) is 0 Å². The van der Waals surface area contributed by atoms with Crippen molar-refractivity contribution in [3.8, 4) is 0 Å². The molecule has 0 unspecified atom stereocenters. The van der Waals surface area contributed by atoms with Crippen LogP contribution in [0.15, 0.2) is 12.5 Å². The van der Waals surface area contributed by atoms with Crippen molar-refractivity contribution in [2.75, 3.05) is 33.7 Å². The van der Waals surface area contributed by atoms with Crippen LogP contribution in [-0.2, 0) is 21.5 Å². The lowest BCUT2D eigenvalue weighted by atomic mass is 10.2. The number of fused-ring (bicyclic) bond motifs is 1. The highest BCUT2D eigenvalue weighted by atomic mass is 32.2. The van der Waals surface area contributed by atoms with Crippen LogP contribution in [0.4, 0.5) is 0 Å². The predicted molar refractivity (Wildman–Crippen MR) is 80.1 cm³/mol. The number of carbonyl (C=O) groups excluding carboxylic acids is 1. The minimum atomic E-state index is -3.48. The molecule has 1 amide bonds. The summed E-state index contributed by atoms with van der Waals surface area (Å²) in [6.07, 6.45) is 4.88. The van der Waals surface area contributed by atoms with Crippen LogP contribution in [0.5, 0.6) is 0 Å². The molecule has 3 heterocycles. The average Bonchev–Trinajstić information content (AvgIpc) is 3.08. The Labute approximate surface area is 130 Å². The summed E-state index contributed by atoms with van der Waals surface area (Å²) in [6, 6.07) is -0.0944. The van der Waals surface area contributed by atoms with E-state index in [0.717, 1.165) is 18.7 Å². The molecule has 0 spiro atoms. The van der Waals surface area contributed by atoms with Gasteiger partial charge in [0.25, 0.3) is 10.2 Å². The Kier molecular flexibility index (Phi) is 3.96. The summed E-state index contributed by atoms with van der Waals surface area (Å²) < 4.78 is 29.5. The summed E-state index contributed by atoms with van der Waals surface area (Å²) in [5.74, 6) is 0.147. The SMILES string of the molecule is CN(C)S(=O)(=O)N1Cc2cncn2[C@H](CN2CCCC2=O)C1. The van der Waals surface area contributed by atoms with Crippen LogP contribution in [0.3, 0.4) is 0 Å². The van der Waals surface area contributed by atoms with Gasteiger partial charge in [0, 0.05) is 46.3 Å². The highest BCUT2D eigenvalue weighted by Gasteiger charge is 2.35. The van der Waals surface area contributed by atoms with Gasteiger partial charge in [-0.05, 0) is 6.42 Å². The highest BCUT2D eigenvalue weighted by molar-refractivity contribution is 7.86. The van der Waals surface area contributed by atoms with Gasteiger partial charge in [0.05, 0.1) is 24.6 Å². The summed E-state index contributed by atoms with van der Waals surface area (Å²) in [5.41, 5.74) is 0.855. The number of likely N-dealkylation sites (tertiary alicyclic amines) is 1. The van der Waals surface area contributed by atoms with Crippen molar-refractivity contribution in [2.24, 2.45) is 0 Å². The van der Waals surface area contributed by atoms with Gasteiger partial charge in [0.15, 0.2) is 0 Å². The molecule has 8 nitrogen and oxygen atoms in total. The molecule has 1 fully saturated rings. The molecule has 1 atom stereocenters. The number of aromatic nitrogens is 2. The first kappa shape index (κ1) is 15.4. The molecule has 22 heavy (non-hydrogen) atoms. The summed E-state index contributed by atoms with van der Waals surface area (Å²) in [4.78, 5) is 17.8. The van der Waals surface area contributed by atoms with E-state index in [2.05, 4.69) is 4.98 Å². The second kappa shape index (κ2) is 5.64. The monoisotopic (exact) mass is 327 g/mol. The first-order valence-corrected chi connectivity index (χ1v) is 8.75. The van der Waals surface area contributed by atoms with E-state index in [4.69, 9.17) is 0 Å². The maximum absolute atomic E-state index is 12.4. The van der Waals surface area contributed by atoms with Gasteiger partial charge in [-0.2, -0.15) is 17.0 Å². The highest BCUT2D eigenvalue weighted by Crippen LogP contribution is 2.26. The van der Waals surface area contributed by atoms with E-state index in [0.29, 0.717) is 26.1 Å². The van der Waals surface area contributed by atoms with Gasteiger partial charge in [0.1, 0.15) is 0 Å². The molecule has 0 saturated carbocycles. The molecule has 1 aromatic rings. The molecule has 2 aliphatic rings. The summed E-state index contributed by atoms with van der Waals surface area (Å²) in [6.45, 7) is 1.94. The number of imidazole rings is 1. The largest absolute Gasteiger partial charge is 0.341 e. The fourth-order valence-corrected chi connectivity index (χ4v) is 4.17. The molecule has 0 radical (unpaired) electrons. The topological polar surface area (TPSA) is 78.8 Å². The zero-order valence-electron chi connectivity index (χ0n) is 12.8. The Balaban J connectivity index is 1.85. The quantitative estimate of drug-likeness (QED) is 0.758. The van der Waals surface area contributed by atoms with Gasteiger partial charge < -0.3 is 9.47 Å². The molecular formula is C13H21N5O3S. The summed E-state index contributed by atoms with van der Waals surface area (Å²) in [5, 5.41) is 0. The van der Waals surface area contributed by atoms with Crippen molar-refractivity contribution < 1.29 is 13.2 Å². The lowest BCUT2D eigenvalue weighted by Gasteiger charge is -2.36. The van der Waals surface area contributed by atoms with Gasteiger partial charge in [-0.15, -0.1) is 0 Å². The number of amides is 1. The van der Waals surface area contributed by atoms with E-state index in [-0.39, 0.29) is 11.9 Å². The zero-order chi connectivity index (χ0) is 15.9. The molecule has 3 rings (SSSR count). The maximum atomic E-state index is 12.4. The van der Waals surface area contributed by atoms with Gasteiger partial charge >= 0.3 is 0 Å². The van der Waals surface area contributed by atoms with Crippen LogP contribution < -0.4 is 0 Å². The van der Waals surface area contributed by atoms with E-state index < -0.39 is 10.2 Å². The Morgan fingerprint density at radius 2 is 2.18 bits per heavy atom. The second-order valence-corrected chi connectivity index (χ2v) is 8.11. The van der Waals surface area contributed by atoms with Gasteiger partial charge in [-0.3, -0.25) is 4.79 Å². The van der Waals surface area contributed by atoms with Crippen LogP contribution in [0, 0.1) is 0 Å². The number of hydrogen-bond acceptors (Lipinski definition) is 4. The Morgan fingerprint density at radius 1 is 1.41 bits per heavy atom. The molecular weight excluding hydrogens is 306 g/mol. The number of hydrogen-bond donors (Lipinski definition) is 0. The molecule has 9 heteroatoms. The predicted octanol–water partition coefficient (Wildman–Crippen LogP) is -0.331. The van der Waals surface area contributed by atoms with Crippen molar-refractivity contribution >= 4 is 16.1 Å². The lowest BCUT2D eigenvalue weighted by Crippen LogP contribution is -2.48. The molecule has 0 aromatic carbocycles. The van der Waals surface area contributed by atoms with Crippen molar-refractivity contribution in [2.45, 2.75) is 25.4 Å². The third-order valence-corrected chi connectivity index (χ3v) is 6.14. The van der Waals surface area contributed by atoms with Crippen LogP contribution >= 0.6 is 0 Å². The van der Waals surface area contributed by atoms with E-state index in [1.807, 2.05) is 9.47 Å². The Bertz CT molecular complexity index is 669. The van der Waals surface area contributed by atoms with E-state index >= 15 is 0 Å². The Morgan fingerprint density at radius 3 is 2.82 bits per heavy atom. The van der Waals surface area contributed by atoms with Crippen molar-refractivity contribution in [1.29, 1.82) is 0 Å². The zero-order valence-corrected chi connectivity index (χ0v) is 13.7. The first-order valence-electron chi connectivity index (χ1n) is 7.35. The standard InChI is InChI=1S/C13H21N5O3S/c1-15(2)22(20,21)17-8-11-6-14-10-18(11)12(9-17)7-16-5-3-4-13(16)19/h6,10,12H,3-5,7-9H2,1-2H3/t12-/m1/s1. The fraction of sp³-hybridized carbons (Fsp3) is 0.692. The summed E-state index contributed by atoms with van der Waals surface area (Å²) >= 11 is 0. The van der Waals surface area contributed by atoms with Crippen LogP contribution in [0.25, 0.3) is 0 Å². The van der Waals surface area contributed by atoms with Crippen molar-refractivity contribution in [1.82, 2.24) is 23.1 Å². The molecule has 122 valence electrons. The average molecular weight is 327 g/mol. The summed E-state index contributed by atoms with van der Waals surface area (Å²) in [7, 11) is -0.422. The van der Waals surface area contributed by atoms with Crippen LogP contribution in [0.1, 0.15) is 24.6 Å². The molecule has 0 N–H and O–H groups in total. The second-order valence-electron chi connectivity index (χ2n) is 5.97. The normalized spacial score (nSPS) is 23.3. The van der Waals surface area contributed by atoms with Gasteiger partial charge in [-0.25, -0.2) is 4.98 Å². The Hall–Kier alpha value is -1.45. The smallest absolute Gasteiger partial charge is 0.281 e. The lowest BCUT2D eigenvalue weighted by molar-refractivity contribution is -0.128. The van der Waals surface area contributed by atoms with E-state index in [9.17, 15) is 13.2 Å². The van der Waals surface area contributed by atoms with Crippen LogP contribution in [-0.4, -0.2) is 71.1 Å². The van der Waals surface area contributed by atoms with Crippen LogP contribution in [0.2, 0.25) is 0 Å².